The third kappa shape index (κ3) is 2.64. The second-order valence-electron chi connectivity index (χ2n) is 5.72. The molecule has 1 atom stereocenters. The summed E-state index contributed by atoms with van der Waals surface area (Å²) in [5, 5.41) is 9.14. The quantitative estimate of drug-likeness (QED) is 0.908. The summed E-state index contributed by atoms with van der Waals surface area (Å²) in [6.07, 6.45) is 0. The minimum Gasteiger partial charge on any atom is -0.478 e. The summed E-state index contributed by atoms with van der Waals surface area (Å²) < 4.78 is 26.9. The van der Waals surface area contributed by atoms with Gasteiger partial charge in [0.1, 0.15) is 4.90 Å². The number of carbonyl (C=O) groups is 2. The molecule has 0 spiro atoms. The van der Waals surface area contributed by atoms with Gasteiger partial charge in [-0.25, -0.2) is 22.3 Å². The lowest BCUT2D eigenvalue weighted by molar-refractivity contribution is 0.0696. The van der Waals surface area contributed by atoms with Gasteiger partial charge >= 0.3 is 12.0 Å². The highest BCUT2D eigenvalue weighted by Gasteiger charge is 2.43. The van der Waals surface area contributed by atoms with E-state index in [4.69, 9.17) is 5.11 Å². The molecule has 0 saturated heterocycles. The maximum Gasteiger partial charge on any atom is 0.338 e. The molecule has 0 fully saturated rings. The highest BCUT2D eigenvalue weighted by molar-refractivity contribution is 7.90. The fraction of sp³-hybridized carbons (Fsp3) is 0.176. The van der Waals surface area contributed by atoms with Crippen LogP contribution < -0.4 is 4.90 Å². The van der Waals surface area contributed by atoms with E-state index in [0.29, 0.717) is 5.56 Å². The fourth-order valence-electron chi connectivity index (χ4n) is 2.83. The summed E-state index contributed by atoms with van der Waals surface area (Å²) >= 11 is 0. The summed E-state index contributed by atoms with van der Waals surface area (Å²) in [5.41, 5.74) is 0.662. The molecule has 0 saturated carbocycles. The minimum atomic E-state index is -4.19. The lowest BCUT2D eigenvalue weighted by Crippen LogP contribution is -2.50. The number of carboxylic acids is 1. The third-order valence-corrected chi connectivity index (χ3v) is 6.09. The molecule has 3 rings (SSSR count). The number of carboxylic acid groups (broad SMARTS) is 1. The van der Waals surface area contributed by atoms with E-state index in [9.17, 15) is 18.0 Å². The van der Waals surface area contributed by atoms with Crippen LogP contribution in [-0.2, 0) is 10.0 Å². The number of amides is 2. The molecule has 2 aromatic rings. The first-order valence-electron chi connectivity index (χ1n) is 7.49. The Kier molecular flexibility index (Phi) is 4.00. The minimum absolute atomic E-state index is 0.155. The molecule has 0 bridgehead atoms. The van der Waals surface area contributed by atoms with Crippen LogP contribution in [0.2, 0.25) is 0 Å². The van der Waals surface area contributed by atoms with Crippen LogP contribution in [0.4, 0.5) is 10.5 Å². The Labute approximate surface area is 145 Å². The van der Waals surface area contributed by atoms with E-state index in [1.807, 2.05) is 0 Å². The van der Waals surface area contributed by atoms with Gasteiger partial charge in [0.05, 0.1) is 17.3 Å². The van der Waals surface area contributed by atoms with Crippen LogP contribution in [0.25, 0.3) is 0 Å². The molecule has 7 nitrogen and oxygen atoms in total. The zero-order chi connectivity index (χ0) is 18.4. The van der Waals surface area contributed by atoms with Crippen molar-refractivity contribution < 1.29 is 23.1 Å². The molecule has 0 aromatic heterocycles. The number of benzene rings is 2. The normalized spacial score (nSPS) is 17.1. The Bertz CT molecular complexity index is 956. The SMILES string of the molecule is CC(c1ccccc1)N1C(=O)N(C)c2ccc(C(=O)O)cc2S1(=O)=O. The fourth-order valence-corrected chi connectivity index (χ4v) is 4.65. The lowest BCUT2D eigenvalue weighted by Gasteiger charge is -2.37. The predicted octanol–water partition coefficient (Wildman–Crippen LogP) is 2.71. The summed E-state index contributed by atoms with van der Waals surface area (Å²) in [6.45, 7) is 1.62. The zero-order valence-corrected chi connectivity index (χ0v) is 14.4. The van der Waals surface area contributed by atoms with Gasteiger partial charge in [0, 0.05) is 7.05 Å². The van der Waals surface area contributed by atoms with Crippen molar-refractivity contribution in [2.75, 3.05) is 11.9 Å². The Balaban J connectivity index is 2.18. The van der Waals surface area contributed by atoms with E-state index >= 15 is 0 Å². The number of hydrogen-bond donors (Lipinski definition) is 1. The Morgan fingerprint density at radius 2 is 1.76 bits per heavy atom. The molecule has 2 amide bonds. The highest BCUT2D eigenvalue weighted by atomic mass is 32.2. The Morgan fingerprint density at radius 1 is 1.12 bits per heavy atom. The number of aromatic carboxylic acids is 1. The van der Waals surface area contributed by atoms with Crippen molar-refractivity contribution in [2.45, 2.75) is 17.9 Å². The van der Waals surface area contributed by atoms with E-state index < -0.39 is 28.1 Å². The molecule has 130 valence electrons. The summed E-state index contributed by atoms with van der Waals surface area (Å²) in [4.78, 5) is 24.9. The van der Waals surface area contributed by atoms with Crippen LogP contribution in [0.15, 0.2) is 53.4 Å². The van der Waals surface area contributed by atoms with Gasteiger partial charge in [-0.2, -0.15) is 0 Å². The number of carbonyl (C=O) groups excluding carboxylic acids is 1. The van der Waals surface area contributed by atoms with E-state index in [0.717, 1.165) is 10.4 Å². The largest absolute Gasteiger partial charge is 0.478 e. The van der Waals surface area contributed by atoms with Gasteiger partial charge < -0.3 is 5.11 Å². The molecular weight excluding hydrogens is 344 g/mol. The van der Waals surface area contributed by atoms with E-state index in [2.05, 4.69) is 0 Å². The molecule has 2 aromatic carbocycles. The van der Waals surface area contributed by atoms with Crippen molar-refractivity contribution in [3.63, 3.8) is 0 Å². The first kappa shape index (κ1) is 17.0. The lowest BCUT2D eigenvalue weighted by atomic mass is 10.1. The number of fused-ring (bicyclic) bond motifs is 1. The number of sulfonamides is 1. The van der Waals surface area contributed by atoms with Crippen molar-refractivity contribution in [3.8, 4) is 0 Å². The second kappa shape index (κ2) is 5.89. The molecule has 1 aliphatic rings. The van der Waals surface area contributed by atoms with Gasteiger partial charge in [-0.15, -0.1) is 0 Å². The standard InChI is InChI=1S/C17H16N2O5S/c1-11(12-6-4-3-5-7-12)19-17(22)18(2)14-9-8-13(16(20)21)10-15(14)25(19,23)24/h3-11H,1-2H3,(H,20,21). The van der Waals surface area contributed by atoms with Crippen LogP contribution in [0.3, 0.4) is 0 Å². The summed E-state index contributed by atoms with van der Waals surface area (Å²) in [6, 6.07) is 11.0. The monoisotopic (exact) mass is 360 g/mol. The first-order chi connectivity index (χ1) is 11.7. The number of anilines is 1. The van der Waals surface area contributed by atoms with E-state index in [1.54, 1.807) is 37.3 Å². The van der Waals surface area contributed by atoms with Gasteiger partial charge in [0.15, 0.2) is 0 Å². The van der Waals surface area contributed by atoms with Gasteiger partial charge in [0.2, 0.25) is 0 Å². The molecule has 1 unspecified atom stereocenters. The molecule has 8 heteroatoms. The first-order valence-corrected chi connectivity index (χ1v) is 8.93. The van der Waals surface area contributed by atoms with Crippen LogP contribution in [-0.4, -0.2) is 36.9 Å². The van der Waals surface area contributed by atoms with Crippen LogP contribution in [0, 0.1) is 0 Å². The van der Waals surface area contributed by atoms with Gasteiger partial charge in [-0.3, -0.25) is 4.90 Å². The van der Waals surface area contributed by atoms with Crippen molar-refractivity contribution in [2.24, 2.45) is 0 Å². The van der Waals surface area contributed by atoms with Gasteiger partial charge in [-0.05, 0) is 30.7 Å². The average Bonchev–Trinajstić information content (AvgIpc) is 2.60. The van der Waals surface area contributed by atoms with E-state index in [-0.39, 0.29) is 16.1 Å². The molecular formula is C17H16N2O5S. The average molecular weight is 360 g/mol. The third-order valence-electron chi connectivity index (χ3n) is 4.21. The van der Waals surface area contributed by atoms with Crippen molar-refractivity contribution >= 4 is 27.7 Å². The van der Waals surface area contributed by atoms with Crippen LogP contribution in [0.5, 0.6) is 0 Å². The van der Waals surface area contributed by atoms with Crippen molar-refractivity contribution in [3.05, 3.63) is 59.7 Å². The summed E-state index contributed by atoms with van der Waals surface area (Å²) in [5.74, 6) is -1.24. The predicted molar refractivity (Wildman–Crippen MR) is 91.1 cm³/mol. The molecule has 0 radical (unpaired) electrons. The second-order valence-corrected chi connectivity index (χ2v) is 7.50. The molecule has 1 N–H and O–H groups in total. The van der Waals surface area contributed by atoms with Crippen LogP contribution >= 0.6 is 0 Å². The topological polar surface area (TPSA) is 95.0 Å². The smallest absolute Gasteiger partial charge is 0.338 e. The molecule has 25 heavy (non-hydrogen) atoms. The van der Waals surface area contributed by atoms with Crippen molar-refractivity contribution in [1.82, 2.24) is 4.31 Å². The number of hydrogen-bond acceptors (Lipinski definition) is 4. The number of urea groups is 1. The molecule has 0 aliphatic carbocycles. The summed E-state index contributed by atoms with van der Waals surface area (Å²) in [7, 11) is -2.73. The number of nitrogens with zero attached hydrogens (tertiary/aromatic N) is 2. The van der Waals surface area contributed by atoms with E-state index in [1.165, 1.54) is 24.1 Å². The molecule has 1 aliphatic heterocycles. The Morgan fingerprint density at radius 3 is 2.36 bits per heavy atom. The van der Waals surface area contributed by atoms with Gasteiger partial charge in [-0.1, -0.05) is 30.3 Å². The maximum absolute atomic E-state index is 13.0. The number of rotatable bonds is 3. The maximum atomic E-state index is 13.0. The highest BCUT2D eigenvalue weighted by Crippen LogP contribution is 2.38. The van der Waals surface area contributed by atoms with Crippen molar-refractivity contribution in [1.29, 1.82) is 0 Å². The molecule has 1 heterocycles. The Hall–Kier alpha value is -2.87. The van der Waals surface area contributed by atoms with Crippen LogP contribution in [0.1, 0.15) is 28.9 Å². The van der Waals surface area contributed by atoms with Gasteiger partial charge in [0.25, 0.3) is 10.0 Å². The zero-order valence-electron chi connectivity index (χ0n) is 13.6.